The molecule has 0 unspecified atom stereocenters. The summed E-state index contributed by atoms with van der Waals surface area (Å²) < 4.78 is 5.96. The number of nitrogens with one attached hydrogen (secondary N) is 1. The molecule has 44 heavy (non-hydrogen) atoms. The Morgan fingerprint density at radius 3 is 2.32 bits per heavy atom. The van der Waals surface area contributed by atoms with Crippen molar-refractivity contribution in [2.75, 3.05) is 18.5 Å². The maximum atomic E-state index is 13.1. The molecule has 226 valence electrons. The molecule has 1 aliphatic carbocycles. The van der Waals surface area contributed by atoms with E-state index in [1.165, 1.54) is 5.56 Å². The molecule has 1 atom stereocenters. The fourth-order valence-corrected chi connectivity index (χ4v) is 5.23. The van der Waals surface area contributed by atoms with Crippen molar-refractivity contribution in [2.24, 2.45) is 5.92 Å². The Morgan fingerprint density at radius 2 is 1.61 bits per heavy atom. The number of rotatable bonds is 15. The van der Waals surface area contributed by atoms with Crippen molar-refractivity contribution in [3.05, 3.63) is 131 Å². The highest BCUT2D eigenvalue weighted by Crippen LogP contribution is 2.31. The summed E-state index contributed by atoms with van der Waals surface area (Å²) in [5.41, 5.74) is 4.58. The van der Waals surface area contributed by atoms with E-state index in [0.717, 1.165) is 24.0 Å². The number of carbonyl (C=O) groups is 3. The normalized spacial score (nSPS) is 13.1. The van der Waals surface area contributed by atoms with Crippen molar-refractivity contribution < 1.29 is 24.2 Å². The number of para-hydroxylation sites is 1. The van der Waals surface area contributed by atoms with Gasteiger partial charge in [-0.3, -0.25) is 9.59 Å². The zero-order valence-electron chi connectivity index (χ0n) is 24.9. The summed E-state index contributed by atoms with van der Waals surface area (Å²) in [6, 6.07) is 30.6. The number of amides is 1. The molecule has 2 N–H and O–H groups in total. The Bertz CT molecular complexity index is 1580. The first-order valence-corrected chi connectivity index (χ1v) is 15.1. The van der Waals surface area contributed by atoms with Crippen molar-refractivity contribution in [1.82, 2.24) is 4.90 Å². The lowest BCUT2D eigenvalue weighted by Crippen LogP contribution is -2.33. The molecule has 7 nitrogen and oxygen atoms in total. The van der Waals surface area contributed by atoms with Crippen LogP contribution in [0.5, 0.6) is 5.75 Å². The molecule has 0 aromatic heterocycles. The van der Waals surface area contributed by atoms with Gasteiger partial charge in [0.15, 0.2) is 5.78 Å². The Kier molecular flexibility index (Phi) is 10.1. The number of carbonyl (C=O) groups excluding carboxylic acids is 2. The lowest BCUT2D eigenvalue weighted by atomic mass is 10.00. The highest BCUT2D eigenvalue weighted by Gasteiger charge is 2.33. The molecular weight excluding hydrogens is 552 g/mol. The van der Waals surface area contributed by atoms with Gasteiger partial charge in [0.1, 0.15) is 11.8 Å². The molecular formula is C37H38N2O5. The van der Waals surface area contributed by atoms with Crippen LogP contribution in [0, 0.1) is 12.8 Å². The number of carboxylic acid groups (broad SMARTS) is 1. The molecule has 0 aliphatic heterocycles. The summed E-state index contributed by atoms with van der Waals surface area (Å²) >= 11 is 0. The third-order valence-electron chi connectivity index (χ3n) is 7.73. The third-order valence-corrected chi connectivity index (χ3v) is 7.73. The summed E-state index contributed by atoms with van der Waals surface area (Å²) in [5.74, 6) is -0.108. The van der Waals surface area contributed by atoms with Crippen molar-refractivity contribution in [3.63, 3.8) is 0 Å². The molecule has 1 saturated carbocycles. The lowest BCUT2D eigenvalue weighted by molar-refractivity contribution is -0.138. The summed E-state index contributed by atoms with van der Waals surface area (Å²) in [4.78, 5) is 40.1. The number of ketones is 1. The largest absolute Gasteiger partial charge is 0.494 e. The van der Waals surface area contributed by atoms with E-state index < -0.39 is 12.0 Å². The first-order valence-electron chi connectivity index (χ1n) is 15.1. The van der Waals surface area contributed by atoms with Crippen LogP contribution in [-0.2, 0) is 22.6 Å². The number of aliphatic carboxylic acids is 1. The number of hydrogen-bond donors (Lipinski definition) is 2. The average molecular weight is 591 g/mol. The number of hydrogen-bond acceptors (Lipinski definition) is 5. The first-order chi connectivity index (χ1) is 21.4. The quantitative estimate of drug-likeness (QED) is 0.121. The molecule has 0 bridgehead atoms. The second-order valence-corrected chi connectivity index (χ2v) is 11.3. The van der Waals surface area contributed by atoms with Gasteiger partial charge in [0.2, 0.25) is 5.91 Å². The number of anilines is 1. The van der Waals surface area contributed by atoms with E-state index in [4.69, 9.17) is 4.74 Å². The van der Waals surface area contributed by atoms with Gasteiger partial charge in [-0.05, 0) is 61.6 Å². The van der Waals surface area contributed by atoms with Gasteiger partial charge in [-0.1, -0.05) is 84.4 Å². The Hall–Kier alpha value is -4.91. The standard InChI is InChI=1S/C37H38N2O5/c1-26-9-7-10-28(23-26)25-39(36(41)30-17-18-30)21-8-22-44-31-19-15-27(16-20-31)24-34(37(42)43)38-33-14-6-5-13-32(33)35(40)29-11-3-2-4-12-29/h2-7,9-16,19-20,23,30,34,38H,8,17-18,21-22,24-25H2,1H3,(H,42,43)/t34-/m0/s1. The molecule has 1 aliphatic rings. The van der Waals surface area contributed by atoms with Crippen LogP contribution in [0.3, 0.4) is 0 Å². The van der Waals surface area contributed by atoms with Crippen LogP contribution in [-0.4, -0.2) is 46.9 Å². The predicted octanol–water partition coefficient (Wildman–Crippen LogP) is 6.54. The van der Waals surface area contributed by atoms with Crippen LogP contribution in [0.15, 0.2) is 103 Å². The topological polar surface area (TPSA) is 95.9 Å². The van der Waals surface area contributed by atoms with Crippen molar-refractivity contribution in [2.45, 2.75) is 45.2 Å². The molecule has 4 aromatic rings. The van der Waals surface area contributed by atoms with E-state index in [0.29, 0.717) is 48.7 Å². The smallest absolute Gasteiger partial charge is 0.326 e. The molecule has 0 spiro atoms. The number of ether oxygens (including phenoxy) is 1. The number of aryl methyl sites for hydroxylation is 1. The van der Waals surface area contributed by atoms with Gasteiger partial charge in [0, 0.05) is 42.2 Å². The van der Waals surface area contributed by atoms with Gasteiger partial charge in [0.05, 0.1) is 6.61 Å². The summed E-state index contributed by atoms with van der Waals surface area (Å²) in [6.07, 6.45) is 2.88. The van der Waals surface area contributed by atoms with Crippen molar-refractivity contribution in [1.29, 1.82) is 0 Å². The summed E-state index contributed by atoms with van der Waals surface area (Å²) in [7, 11) is 0. The Balaban J connectivity index is 1.15. The second kappa shape index (κ2) is 14.5. The number of benzene rings is 4. The Morgan fingerprint density at radius 1 is 0.886 bits per heavy atom. The maximum Gasteiger partial charge on any atom is 0.326 e. The van der Waals surface area contributed by atoms with E-state index in [2.05, 4.69) is 30.4 Å². The van der Waals surface area contributed by atoms with Gasteiger partial charge in [-0.25, -0.2) is 4.79 Å². The fraction of sp³-hybridized carbons (Fsp3) is 0.270. The van der Waals surface area contributed by atoms with E-state index in [1.807, 2.05) is 41.3 Å². The van der Waals surface area contributed by atoms with Gasteiger partial charge in [-0.15, -0.1) is 0 Å². The van der Waals surface area contributed by atoms with Crippen LogP contribution in [0.1, 0.15) is 51.9 Å². The monoisotopic (exact) mass is 590 g/mol. The van der Waals surface area contributed by atoms with Crippen LogP contribution < -0.4 is 10.1 Å². The number of nitrogens with zero attached hydrogens (tertiary/aromatic N) is 1. The van der Waals surface area contributed by atoms with E-state index in [1.54, 1.807) is 48.5 Å². The average Bonchev–Trinajstić information content (AvgIpc) is 3.89. The zero-order chi connectivity index (χ0) is 30.9. The van der Waals surface area contributed by atoms with Gasteiger partial charge in [-0.2, -0.15) is 0 Å². The summed E-state index contributed by atoms with van der Waals surface area (Å²) in [6.45, 7) is 3.76. The molecule has 7 heteroatoms. The van der Waals surface area contributed by atoms with E-state index in [-0.39, 0.29) is 24.0 Å². The molecule has 0 heterocycles. The van der Waals surface area contributed by atoms with Gasteiger partial charge < -0.3 is 20.1 Å². The van der Waals surface area contributed by atoms with E-state index in [9.17, 15) is 19.5 Å². The van der Waals surface area contributed by atoms with Crippen LogP contribution in [0.4, 0.5) is 5.69 Å². The molecule has 5 rings (SSSR count). The van der Waals surface area contributed by atoms with Crippen LogP contribution in [0.2, 0.25) is 0 Å². The minimum Gasteiger partial charge on any atom is -0.494 e. The van der Waals surface area contributed by atoms with Crippen molar-refractivity contribution in [3.8, 4) is 5.75 Å². The third kappa shape index (κ3) is 8.34. The molecule has 0 radical (unpaired) electrons. The van der Waals surface area contributed by atoms with Gasteiger partial charge in [0.25, 0.3) is 0 Å². The minimum absolute atomic E-state index is 0.162. The molecule has 1 fully saturated rings. The minimum atomic E-state index is -1.01. The first kappa shape index (κ1) is 30.5. The van der Waals surface area contributed by atoms with E-state index >= 15 is 0 Å². The Labute approximate surface area is 258 Å². The van der Waals surface area contributed by atoms with Crippen LogP contribution >= 0.6 is 0 Å². The highest BCUT2D eigenvalue weighted by atomic mass is 16.5. The van der Waals surface area contributed by atoms with Crippen molar-refractivity contribution >= 4 is 23.3 Å². The predicted molar refractivity (Wildman–Crippen MR) is 171 cm³/mol. The SMILES string of the molecule is Cc1cccc(CN(CCCOc2ccc(C[C@H](Nc3ccccc3C(=O)c3ccccc3)C(=O)O)cc2)C(=O)C2CC2)c1. The molecule has 4 aromatic carbocycles. The van der Waals surface area contributed by atoms with Crippen LogP contribution in [0.25, 0.3) is 0 Å². The maximum absolute atomic E-state index is 13.1. The number of carboxylic acids is 1. The molecule has 0 saturated heterocycles. The lowest BCUT2D eigenvalue weighted by Gasteiger charge is -2.23. The fourth-order valence-electron chi connectivity index (χ4n) is 5.23. The highest BCUT2D eigenvalue weighted by molar-refractivity contribution is 6.12. The summed E-state index contributed by atoms with van der Waals surface area (Å²) in [5, 5.41) is 13.0. The second-order valence-electron chi connectivity index (χ2n) is 11.3. The zero-order valence-corrected chi connectivity index (χ0v) is 24.9. The molecule has 1 amide bonds. The van der Waals surface area contributed by atoms with Gasteiger partial charge >= 0.3 is 5.97 Å².